The first-order valence-corrected chi connectivity index (χ1v) is 8.33. The van der Waals surface area contributed by atoms with Crippen molar-refractivity contribution in [3.8, 4) is 0 Å². The van der Waals surface area contributed by atoms with Gasteiger partial charge in [0.05, 0.1) is 18.4 Å². The van der Waals surface area contributed by atoms with E-state index in [-0.39, 0.29) is 10.6 Å². The average molecular weight is 376 g/mol. The van der Waals surface area contributed by atoms with E-state index in [4.69, 9.17) is 11.6 Å². The highest BCUT2D eigenvalue weighted by Crippen LogP contribution is 2.20. The van der Waals surface area contributed by atoms with Crippen LogP contribution >= 0.6 is 11.6 Å². The zero-order valence-corrected chi connectivity index (χ0v) is 14.5. The molecule has 0 aliphatic rings. The van der Waals surface area contributed by atoms with Gasteiger partial charge in [-0.15, -0.1) is 0 Å². The standard InChI is InChI=1S/C19H16ClF2N3O/c20-17-16(23-10-13-6-8-15(9-7-13)18(21)22)11-24-25(19(17)26)12-14-4-2-1-3-5-14/h1-9,11,18,23H,10,12H2. The average Bonchev–Trinajstić information content (AvgIpc) is 2.66. The fourth-order valence-electron chi connectivity index (χ4n) is 2.44. The molecule has 0 unspecified atom stereocenters. The normalized spacial score (nSPS) is 10.9. The lowest BCUT2D eigenvalue weighted by Gasteiger charge is -2.11. The second-order valence-corrected chi connectivity index (χ2v) is 6.09. The Bertz CT molecular complexity index is 928. The molecule has 0 aliphatic carbocycles. The summed E-state index contributed by atoms with van der Waals surface area (Å²) < 4.78 is 26.4. The SMILES string of the molecule is O=c1c(Cl)c(NCc2ccc(C(F)F)cc2)cnn1Cc1ccccc1. The molecule has 0 amide bonds. The van der Waals surface area contributed by atoms with Crippen molar-refractivity contribution in [2.75, 3.05) is 5.32 Å². The van der Waals surface area contributed by atoms with Crippen LogP contribution in [0.1, 0.15) is 23.1 Å². The van der Waals surface area contributed by atoms with Crippen molar-refractivity contribution in [3.05, 3.63) is 92.9 Å². The van der Waals surface area contributed by atoms with E-state index >= 15 is 0 Å². The zero-order valence-electron chi connectivity index (χ0n) is 13.7. The van der Waals surface area contributed by atoms with E-state index < -0.39 is 12.0 Å². The Kier molecular flexibility index (Phi) is 5.63. The number of hydrogen-bond acceptors (Lipinski definition) is 3. The first kappa shape index (κ1) is 18.1. The molecule has 1 heterocycles. The summed E-state index contributed by atoms with van der Waals surface area (Å²) in [5.74, 6) is 0. The monoisotopic (exact) mass is 375 g/mol. The fourth-order valence-corrected chi connectivity index (χ4v) is 2.65. The van der Waals surface area contributed by atoms with E-state index in [9.17, 15) is 13.6 Å². The quantitative estimate of drug-likeness (QED) is 0.690. The molecule has 1 N–H and O–H groups in total. The molecule has 0 fully saturated rings. The summed E-state index contributed by atoms with van der Waals surface area (Å²) in [6.07, 6.45) is -1.01. The number of anilines is 1. The lowest BCUT2D eigenvalue weighted by atomic mass is 10.1. The summed E-state index contributed by atoms with van der Waals surface area (Å²) in [4.78, 5) is 12.4. The van der Waals surface area contributed by atoms with Crippen LogP contribution in [0, 0.1) is 0 Å². The molecule has 0 saturated heterocycles. The molecule has 0 aliphatic heterocycles. The summed E-state index contributed by atoms with van der Waals surface area (Å²) in [5, 5.41) is 7.20. The predicted molar refractivity (Wildman–Crippen MR) is 97.8 cm³/mol. The van der Waals surface area contributed by atoms with Crippen LogP contribution in [-0.2, 0) is 13.1 Å². The third-order valence-electron chi connectivity index (χ3n) is 3.87. The second-order valence-electron chi connectivity index (χ2n) is 5.72. The fraction of sp³-hybridized carbons (Fsp3) is 0.158. The number of aromatic nitrogens is 2. The maximum atomic E-state index is 12.6. The van der Waals surface area contributed by atoms with Gasteiger partial charge in [0.2, 0.25) is 0 Å². The summed E-state index contributed by atoms with van der Waals surface area (Å²) in [6.45, 7) is 0.668. The molecule has 4 nitrogen and oxygen atoms in total. The third kappa shape index (κ3) is 4.26. The van der Waals surface area contributed by atoms with Crippen LogP contribution in [0.3, 0.4) is 0 Å². The van der Waals surface area contributed by atoms with E-state index in [2.05, 4.69) is 10.4 Å². The molecule has 134 valence electrons. The van der Waals surface area contributed by atoms with Crippen molar-refractivity contribution in [1.82, 2.24) is 9.78 Å². The Morgan fingerprint density at radius 1 is 1.04 bits per heavy atom. The highest BCUT2D eigenvalue weighted by molar-refractivity contribution is 6.32. The highest BCUT2D eigenvalue weighted by Gasteiger charge is 2.10. The van der Waals surface area contributed by atoms with E-state index in [1.807, 2.05) is 30.3 Å². The van der Waals surface area contributed by atoms with Crippen LogP contribution in [0.25, 0.3) is 0 Å². The third-order valence-corrected chi connectivity index (χ3v) is 4.24. The largest absolute Gasteiger partial charge is 0.378 e. The number of hydrogen-bond donors (Lipinski definition) is 1. The first-order chi connectivity index (χ1) is 12.5. The van der Waals surface area contributed by atoms with E-state index in [1.54, 1.807) is 12.1 Å². The second kappa shape index (κ2) is 8.10. The molecular formula is C19H16ClF2N3O. The van der Waals surface area contributed by atoms with Gasteiger partial charge in [-0.3, -0.25) is 4.79 Å². The van der Waals surface area contributed by atoms with Crippen molar-refractivity contribution < 1.29 is 8.78 Å². The summed E-state index contributed by atoms with van der Waals surface area (Å²) in [6, 6.07) is 15.4. The van der Waals surface area contributed by atoms with Crippen molar-refractivity contribution in [2.45, 2.75) is 19.5 Å². The number of nitrogens with one attached hydrogen (secondary N) is 1. The smallest absolute Gasteiger partial charge is 0.287 e. The van der Waals surface area contributed by atoms with Crippen molar-refractivity contribution in [1.29, 1.82) is 0 Å². The minimum atomic E-state index is -2.49. The van der Waals surface area contributed by atoms with Gasteiger partial charge in [0, 0.05) is 12.1 Å². The molecule has 3 aromatic rings. The predicted octanol–water partition coefficient (Wildman–Crippen LogP) is 4.49. The van der Waals surface area contributed by atoms with Crippen molar-refractivity contribution in [3.63, 3.8) is 0 Å². The number of benzene rings is 2. The van der Waals surface area contributed by atoms with Gasteiger partial charge < -0.3 is 5.32 Å². The van der Waals surface area contributed by atoms with Crippen LogP contribution in [-0.4, -0.2) is 9.78 Å². The number of halogens is 3. The molecule has 1 aromatic heterocycles. The van der Waals surface area contributed by atoms with Gasteiger partial charge >= 0.3 is 0 Å². The molecule has 26 heavy (non-hydrogen) atoms. The highest BCUT2D eigenvalue weighted by atomic mass is 35.5. The summed E-state index contributed by atoms with van der Waals surface area (Å²) in [5.41, 5.74) is 1.71. The van der Waals surface area contributed by atoms with Gasteiger partial charge in [-0.05, 0) is 11.1 Å². The molecular weight excluding hydrogens is 360 g/mol. The Balaban J connectivity index is 1.71. The number of alkyl halides is 2. The minimum Gasteiger partial charge on any atom is -0.378 e. The van der Waals surface area contributed by atoms with Crippen LogP contribution in [0.15, 0.2) is 65.6 Å². The van der Waals surface area contributed by atoms with Crippen molar-refractivity contribution >= 4 is 17.3 Å². The molecule has 0 atom stereocenters. The Morgan fingerprint density at radius 2 is 1.73 bits per heavy atom. The Hall–Kier alpha value is -2.73. The van der Waals surface area contributed by atoms with E-state index in [0.29, 0.717) is 18.8 Å². The summed E-state index contributed by atoms with van der Waals surface area (Å²) in [7, 11) is 0. The van der Waals surface area contributed by atoms with Gasteiger partial charge in [-0.2, -0.15) is 5.10 Å². The number of rotatable bonds is 6. The topological polar surface area (TPSA) is 46.9 Å². The number of nitrogens with zero attached hydrogens (tertiary/aromatic N) is 2. The summed E-state index contributed by atoms with van der Waals surface area (Å²) >= 11 is 6.16. The van der Waals surface area contributed by atoms with Crippen LogP contribution in [0.5, 0.6) is 0 Å². The van der Waals surface area contributed by atoms with Crippen LogP contribution in [0.2, 0.25) is 5.02 Å². The van der Waals surface area contributed by atoms with Gasteiger partial charge in [-0.25, -0.2) is 13.5 Å². The van der Waals surface area contributed by atoms with Crippen LogP contribution < -0.4 is 10.9 Å². The molecule has 0 spiro atoms. The molecule has 0 bridgehead atoms. The van der Waals surface area contributed by atoms with Crippen LogP contribution in [0.4, 0.5) is 14.5 Å². The van der Waals surface area contributed by atoms with Gasteiger partial charge in [0.1, 0.15) is 5.02 Å². The molecule has 3 rings (SSSR count). The molecule has 0 saturated carbocycles. The zero-order chi connectivity index (χ0) is 18.5. The van der Waals surface area contributed by atoms with Gasteiger partial charge in [0.15, 0.2) is 0 Å². The lowest BCUT2D eigenvalue weighted by molar-refractivity contribution is 0.151. The molecule has 0 radical (unpaired) electrons. The van der Waals surface area contributed by atoms with E-state index in [0.717, 1.165) is 11.1 Å². The minimum absolute atomic E-state index is 0.0306. The van der Waals surface area contributed by atoms with Gasteiger partial charge in [0.25, 0.3) is 12.0 Å². The maximum absolute atomic E-state index is 12.6. The van der Waals surface area contributed by atoms with E-state index in [1.165, 1.54) is 23.0 Å². The molecule has 2 aromatic carbocycles. The molecule has 7 heteroatoms. The lowest BCUT2D eigenvalue weighted by Crippen LogP contribution is -2.24. The van der Waals surface area contributed by atoms with Crippen molar-refractivity contribution in [2.24, 2.45) is 0 Å². The first-order valence-electron chi connectivity index (χ1n) is 7.95. The van der Waals surface area contributed by atoms with Gasteiger partial charge in [-0.1, -0.05) is 66.2 Å². The Labute approximate surface area is 154 Å². The maximum Gasteiger partial charge on any atom is 0.287 e. The Morgan fingerprint density at radius 3 is 2.38 bits per heavy atom.